The van der Waals surface area contributed by atoms with Crippen LogP contribution in [0, 0.1) is 0 Å². The largest absolute Gasteiger partial charge is 0.314 e. The van der Waals surface area contributed by atoms with E-state index in [1.807, 2.05) is 11.8 Å². The Morgan fingerprint density at radius 3 is 2.46 bits per heavy atom. The van der Waals surface area contributed by atoms with Crippen LogP contribution in [0.2, 0.25) is 0 Å². The molecule has 0 aliphatic heterocycles. The van der Waals surface area contributed by atoms with Gasteiger partial charge in [0.1, 0.15) is 0 Å². The SMILES string of the molecule is CSCCCCCCCNC1CC1. The highest BCUT2D eigenvalue weighted by Gasteiger charge is 2.19. The van der Waals surface area contributed by atoms with Crippen molar-refractivity contribution in [3.63, 3.8) is 0 Å². The molecule has 13 heavy (non-hydrogen) atoms. The minimum atomic E-state index is 0.900. The summed E-state index contributed by atoms with van der Waals surface area (Å²) in [4.78, 5) is 0. The predicted octanol–water partition coefficient (Wildman–Crippen LogP) is 3.05. The van der Waals surface area contributed by atoms with Crippen molar-refractivity contribution in [3.8, 4) is 0 Å². The molecule has 0 saturated heterocycles. The van der Waals surface area contributed by atoms with E-state index < -0.39 is 0 Å². The Hall–Kier alpha value is 0.310. The van der Waals surface area contributed by atoms with Gasteiger partial charge in [-0.2, -0.15) is 11.8 Å². The van der Waals surface area contributed by atoms with Gasteiger partial charge in [-0.25, -0.2) is 0 Å². The van der Waals surface area contributed by atoms with Crippen LogP contribution >= 0.6 is 11.8 Å². The van der Waals surface area contributed by atoms with Crippen molar-refractivity contribution >= 4 is 11.8 Å². The van der Waals surface area contributed by atoms with Gasteiger partial charge in [0.25, 0.3) is 0 Å². The second kappa shape index (κ2) is 7.69. The molecule has 0 aromatic heterocycles. The first kappa shape index (κ1) is 11.4. The van der Waals surface area contributed by atoms with Crippen LogP contribution in [0.4, 0.5) is 0 Å². The van der Waals surface area contributed by atoms with E-state index in [1.165, 1.54) is 57.2 Å². The first-order valence-corrected chi connectivity index (χ1v) is 7.05. The number of hydrogen-bond donors (Lipinski definition) is 1. The van der Waals surface area contributed by atoms with E-state index in [0.717, 1.165) is 6.04 Å². The highest BCUT2D eigenvalue weighted by atomic mass is 32.2. The fourth-order valence-corrected chi connectivity index (χ4v) is 1.99. The van der Waals surface area contributed by atoms with Crippen molar-refractivity contribution in [2.24, 2.45) is 0 Å². The van der Waals surface area contributed by atoms with Gasteiger partial charge in [0.15, 0.2) is 0 Å². The zero-order valence-electron chi connectivity index (χ0n) is 8.85. The van der Waals surface area contributed by atoms with Crippen LogP contribution in [-0.2, 0) is 0 Å². The predicted molar refractivity (Wildman–Crippen MR) is 62.5 cm³/mol. The monoisotopic (exact) mass is 201 g/mol. The summed E-state index contributed by atoms with van der Waals surface area (Å²) in [6.07, 6.45) is 12.1. The molecule has 1 aliphatic carbocycles. The standard InChI is InChI=1S/C11H23NS/c1-13-10-6-4-2-3-5-9-12-11-7-8-11/h11-12H,2-10H2,1H3. The van der Waals surface area contributed by atoms with Gasteiger partial charge in [-0.15, -0.1) is 0 Å². The Bertz CT molecular complexity index is 113. The van der Waals surface area contributed by atoms with Gasteiger partial charge in [-0.1, -0.05) is 19.3 Å². The highest BCUT2D eigenvalue weighted by Crippen LogP contribution is 2.18. The van der Waals surface area contributed by atoms with Gasteiger partial charge < -0.3 is 5.32 Å². The fraction of sp³-hybridized carbons (Fsp3) is 1.00. The van der Waals surface area contributed by atoms with Crippen molar-refractivity contribution in [3.05, 3.63) is 0 Å². The molecule has 78 valence electrons. The quantitative estimate of drug-likeness (QED) is 0.575. The highest BCUT2D eigenvalue weighted by molar-refractivity contribution is 7.98. The third-order valence-corrected chi connectivity index (χ3v) is 3.23. The zero-order chi connectivity index (χ0) is 9.36. The molecule has 1 N–H and O–H groups in total. The second-order valence-corrected chi connectivity index (χ2v) is 4.97. The van der Waals surface area contributed by atoms with Crippen LogP contribution in [0.1, 0.15) is 44.9 Å². The van der Waals surface area contributed by atoms with Crippen LogP contribution in [0.3, 0.4) is 0 Å². The molecule has 0 aromatic rings. The third-order valence-electron chi connectivity index (χ3n) is 2.54. The first-order valence-electron chi connectivity index (χ1n) is 5.66. The minimum absolute atomic E-state index is 0.900. The first-order chi connectivity index (χ1) is 6.43. The molecule has 0 spiro atoms. The van der Waals surface area contributed by atoms with Crippen LogP contribution in [0.15, 0.2) is 0 Å². The maximum atomic E-state index is 3.55. The Balaban J connectivity index is 1.63. The average molecular weight is 201 g/mol. The molecule has 0 bridgehead atoms. The van der Waals surface area contributed by atoms with Gasteiger partial charge in [-0.05, 0) is 44.2 Å². The number of thioether (sulfide) groups is 1. The second-order valence-electron chi connectivity index (χ2n) is 3.99. The molecule has 0 amide bonds. The summed E-state index contributed by atoms with van der Waals surface area (Å²) in [5, 5.41) is 3.55. The number of nitrogens with one attached hydrogen (secondary N) is 1. The normalized spacial score (nSPS) is 16.4. The molecular weight excluding hydrogens is 178 g/mol. The lowest BCUT2D eigenvalue weighted by Crippen LogP contribution is -2.17. The van der Waals surface area contributed by atoms with E-state index in [2.05, 4.69) is 11.6 Å². The Morgan fingerprint density at radius 1 is 1.08 bits per heavy atom. The molecule has 1 rings (SSSR count). The summed E-state index contributed by atoms with van der Waals surface area (Å²) in [5.74, 6) is 1.35. The number of unbranched alkanes of at least 4 members (excludes halogenated alkanes) is 4. The lowest BCUT2D eigenvalue weighted by molar-refractivity contribution is 0.583. The van der Waals surface area contributed by atoms with Gasteiger partial charge in [0.05, 0.1) is 0 Å². The lowest BCUT2D eigenvalue weighted by atomic mass is 10.1. The Labute approximate surface area is 87.1 Å². The summed E-state index contributed by atoms with van der Waals surface area (Å²) in [6, 6.07) is 0.900. The molecule has 2 heteroatoms. The summed E-state index contributed by atoms with van der Waals surface area (Å²) in [6.45, 7) is 1.26. The molecule has 1 aliphatic rings. The third kappa shape index (κ3) is 7.39. The van der Waals surface area contributed by atoms with Gasteiger partial charge in [0, 0.05) is 6.04 Å². The van der Waals surface area contributed by atoms with Crippen molar-refractivity contribution in [2.45, 2.75) is 51.0 Å². The average Bonchev–Trinajstić information content (AvgIpc) is 2.93. The molecule has 1 fully saturated rings. The molecule has 0 radical (unpaired) electrons. The Morgan fingerprint density at radius 2 is 1.77 bits per heavy atom. The van der Waals surface area contributed by atoms with E-state index in [9.17, 15) is 0 Å². The van der Waals surface area contributed by atoms with Crippen molar-refractivity contribution < 1.29 is 0 Å². The topological polar surface area (TPSA) is 12.0 Å². The summed E-state index contributed by atoms with van der Waals surface area (Å²) >= 11 is 1.97. The molecule has 1 saturated carbocycles. The summed E-state index contributed by atoms with van der Waals surface area (Å²) in [7, 11) is 0. The van der Waals surface area contributed by atoms with Crippen molar-refractivity contribution in [2.75, 3.05) is 18.6 Å². The minimum Gasteiger partial charge on any atom is -0.314 e. The maximum Gasteiger partial charge on any atom is 0.00682 e. The van der Waals surface area contributed by atoms with Crippen molar-refractivity contribution in [1.29, 1.82) is 0 Å². The lowest BCUT2D eigenvalue weighted by Gasteiger charge is -2.02. The Kier molecular flexibility index (Phi) is 6.73. The molecule has 0 heterocycles. The fourth-order valence-electron chi connectivity index (χ4n) is 1.50. The number of rotatable bonds is 9. The van der Waals surface area contributed by atoms with E-state index in [4.69, 9.17) is 0 Å². The van der Waals surface area contributed by atoms with E-state index in [-0.39, 0.29) is 0 Å². The molecule has 0 atom stereocenters. The van der Waals surface area contributed by atoms with Gasteiger partial charge in [-0.3, -0.25) is 0 Å². The smallest absolute Gasteiger partial charge is 0.00682 e. The molecular formula is C11H23NS. The molecule has 0 aromatic carbocycles. The zero-order valence-corrected chi connectivity index (χ0v) is 9.67. The molecule has 1 nitrogen and oxygen atoms in total. The number of hydrogen-bond acceptors (Lipinski definition) is 2. The van der Waals surface area contributed by atoms with Crippen LogP contribution < -0.4 is 5.32 Å². The van der Waals surface area contributed by atoms with Crippen LogP contribution in [0.25, 0.3) is 0 Å². The molecule has 0 unspecified atom stereocenters. The van der Waals surface area contributed by atoms with Crippen LogP contribution in [0.5, 0.6) is 0 Å². The van der Waals surface area contributed by atoms with Gasteiger partial charge >= 0.3 is 0 Å². The van der Waals surface area contributed by atoms with E-state index in [0.29, 0.717) is 0 Å². The van der Waals surface area contributed by atoms with Gasteiger partial charge in [0.2, 0.25) is 0 Å². The summed E-state index contributed by atoms with van der Waals surface area (Å²) in [5.41, 5.74) is 0. The maximum absolute atomic E-state index is 3.55. The van der Waals surface area contributed by atoms with E-state index in [1.54, 1.807) is 0 Å². The summed E-state index contributed by atoms with van der Waals surface area (Å²) < 4.78 is 0. The van der Waals surface area contributed by atoms with Crippen molar-refractivity contribution in [1.82, 2.24) is 5.32 Å². The van der Waals surface area contributed by atoms with E-state index >= 15 is 0 Å². The van der Waals surface area contributed by atoms with Crippen LogP contribution in [-0.4, -0.2) is 24.6 Å².